The van der Waals surface area contributed by atoms with Gasteiger partial charge in [-0.1, -0.05) is 42.5 Å². The van der Waals surface area contributed by atoms with E-state index in [0.717, 1.165) is 11.1 Å². The summed E-state index contributed by atoms with van der Waals surface area (Å²) in [5.74, 6) is -0.719. The second-order valence-electron chi connectivity index (χ2n) is 5.21. The van der Waals surface area contributed by atoms with Crippen molar-refractivity contribution < 1.29 is 23.8 Å². The summed E-state index contributed by atoms with van der Waals surface area (Å²) in [4.78, 5) is 23.7. The van der Waals surface area contributed by atoms with Gasteiger partial charge < -0.3 is 14.2 Å². The molecule has 0 amide bonds. The molecule has 0 spiro atoms. The lowest BCUT2D eigenvalue weighted by Gasteiger charge is -2.15. The van der Waals surface area contributed by atoms with Crippen LogP contribution in [0, 0.1) is 0 Å². The average Bonchev–Trinajstić information content (AvgIpc) is 2.98. The summed E-state index contributed by atoms with van der Waals surface area (Å²) in [6.45, 7) is 0. The monoisotopic (exact) mass is 324 g/mol. The van der Waals surface area contributed by atoms with Crippen molar-refractivity contribution in [3.8, 4) is 0 Å². The quantitative estimate of drug-likeness (QED) is 0.809. The third-order valence-corrected chi connectivity index (χ3v) is 3.84. The van der Waals surface area contributed by atoms with Gasteiger partial charge in [0.25, 0.3) is 0 Å². The first kappa shape index (κ1) is 15.8. The minimum absolute atomic E-state index is 0.197. The smallest absolute Gasteiger partial charge is 0.375 e. The molecule has 0 saturated carbocycles. The Kier molecular flexibility index (Phi) is 4.33. The first-order valence-electron chi connectivity index (χ1n) is 7.38. The number of hydrogen-bond acceptors (Lipinski definition) is 5. The average molecular weight is 324 g/mol. The van der Waals surface area contributed by atoms with Crippen molar-refractivity contribution in [3.63, 3.8) is 0 Å². The van der Waals surface area contributed by atoms with E-state index in [1.54, 1.807) is 24.3 Å². The standard InChI is InChI=1S/C19H16O5/c1-22-17-15(12-6-4-3-5-7-12)16(24-19(17)21)13-8-10-14(11-9-13)18(20)23-2/h3-11,16H,1-2H3. The Morgan fingerprint density at radius 2 is 1.67 bits per heavy atom. The number of methoxy groups -OCH3 is 2. The third kappa shape index (κ3) is 2.76. The van der Waals surface area contributed by atoms with E-state index < -0.39 is 18.0 Å². The summed E-state index contributed by atoms with van der Waals surface area (Å²) >= 11 is 0. The lowest BCUT2D eigenvalue weighted by molar-refractivity contribution is -0.142. The molecule has 0 fully saturated rings. The highest BCUT2D eigenvalue weighted by Gasteiger charge is 2.37. The van der Waals surface area contributed by atoms with Crippen molar-refractivity contribution in [2.75, 3.05) is 14.2 Å². The highest BCUT2D eigenvalue weighted by molar-refractivity contribution is 6.01. The van der Waals surface area contributed by atoms with Crippen LogP contribution in [0.15, 0.2) is 60.4 Å². The second-order valence-corrected chi connectivity index (χ2v) is 5.21. The largest absolute Gasteiger partial charge is 0.490 e. The zero-order chi connectivity index (χ0) is 17.1. The van der Waals surface area contributed by atoms with E-state index in [0.29, 0.717) is 11.1 Å². The summed E-state index contributed by atoms with van der Waals surface area (Å²) in [6, 6.07) is 16.2. The molecule has 0 N–H and O–H groups in total. The van der Waals surface area contributed by atoms with Gasteiger partial charge in [-0.15, -0.1) is 0 Å². The Labute approximate surface area is 139 Å². The molecule has 1 unspecified atom stereocenters. The molecule has 3 rings (SSSR count). The molecule has 24 heavy (non-hydrogen) atoms. The predicted molar refractivity (Wildman–Crippen MR) is 87.0 cm³/mol. The Morgan fingerprint density at radius 3 is 2.25 bits per heavy atom. The van der Waals surface area contributed by atoms with Crippen molar-refractivity contribution >= 4 is 17.5 Å². The predicted octanol–water partition coefficient (Wildman–Crippen LogP) is 3.13. The molecule has 0 aromatic heterocycles. The Morgan fingerprint density at radius 1 is 1.00 bits per heavy atom. The van der Waals surface area contributed by atoms with E-state index in [1.807, 2.05) is 30.3 Å². The van der Waals surface area contributed by atoms with Crippen LogP contribution < -0.4 is 0 Å². The normalized spacial score (nSPS) is 16.8. The minimum Gasteiger partial charge on any atom is -0.490 e. The zero-order valence-corrected chi connectivity index (χ0v) is 13.3. The van der Waals surface area contributed by atoms with Gasteiger partial charge in [-0.2, -0.15) is 0 Å². The molecule has 1 heterocycles. The van der Waals surface area contributed by atoms with Crippen molar-refractivity contribution in [2.24, 2.45) is 0 Å². The highest BCUT2D eigenvalue weighted by Crippen LogP contribution is 2.41. The van der Waals surface area contributed by atoms with Crippen LogP contribution in [-0.4, -0.2) is 26.2 Å². The van der Waals surface area contributed by atoms with Crippen molar-refractivity contribution in [1.82, 2.24) is 0 Å². The van der Waals surface area contributed by atoms with E-state index in [2.05, 4.69) is 4.74 Å². The van der Waals surface area contributed by atoms with Crippen molar-refractivity contribution in [3.05, 3.63) is 77.0 Å². The summed E-state index contributed by atoms with van der Waals surface area (Å²) in [6.07, 6.45) is -0.582. The number of hydrogen-bond donors (Lipinski definition) is 0. The van der Waals surface area contributed by atoms with Gasteiger partial charge in [0.1, 0.15) is 0 Å². The van der Waals surface area contributed by atoms with E-state index in [4.69, 9.17) is 9.47 Å². The van der Waals surface area contributed by atoms with Gasteiger partial charge in [-0.05, 0) is 23.3 Å². The molecule has 0 saturated heterocycles. The van der Waals surface area contributed by atoms with Crippen LogP contribution in [0.3, 0.4) is 0 Å². The molecule has 0 radical (unpaired) electrons. The van der Waals surface area contributed by atoms with Crippen LogP contribution in [0.4, 0.5) is 0 Å². The summed E-state index contributed by atoms with van der Waals surface area (Å²) in [7, 11) is 2.78. The molecule has 0 bridgehead atoms. The molecule has 1 aliphatic heterocycles. The fourth-order valence-electron chi connectivity index (χ4n) is 2.69. The number of carbonyl (C=O) groups excluding carboxylic acids is 2. The third-order valence-electron chi connectivity index (χ3n) is 3.84. The lowest BCUT2D eigenvalue weighted by Crippen LogP contribution is -2.05. The molecular formula is C19H16O5. The zero-order valence-electron chi connectivity index (χ0n) is 13.3. The second kappa shape index (κ2) is 6.58. The molecule has 122 valence electrons. The van der Waals surface area contributed by atoms with E-state index in [1.165, 1.54) is 14.2 Å². The molecule has 5 heteroatoms. The van der Waals surface area contributed by atoms with Crippen molar-refractivity contribution in [1.29, 1.82) is 0 Å². The molecule has 1 aliphatic rings. The summed E-state index contributed by atoms with van der Waals surface area (Å²) < 4.78 is 15.4. The van der Waals surface area contributed by atoms with Gasteiger partial charge >= 0.3 is 11.9 Å². The van der Waals surface area contributed by atoms with Crippen molar-refractivity contribution in [2.45, 2.75) is 6.10 Å². The fourth-order valence-corrected chi connectivity index (χ4v) is 2.69. The minimum atomic E-state index is -0.582. The van der Waals surface area contributed by atoms with Crippen LogP contribution in [0.2, 0.25) is 0 Å². The van der Waals surface area contributed by atoms with Crippen LogP contribution in [0.5, 0.6) is 0 Å². The lowest BCUT2D eigenvalue weighted by atomic mass is 9.95. The Balaban J connectivity index is 2.02. The molecule has 1 atom stereocenters. The molecular weight excluding hydrogens is 308 g/mol. The number of cyclic esters (lactones) is 1. The first-order valence-corrected chi connectivity index (χ1v) is 7.38. The van der Waals surface area contributed by atoms with Crippen LogP contribution in [0.1, 0.15) is 27.6 Å². The van der Waals surface area contributed by atoms with Crippen LogP contribution >= 0.6 is 0 Å². The first-order chi connectivity index (χ1) is 11.7. The summed E-state index contributed by atoms with van der Waals surface area (Å²) in [5, 5.41) is 0. The van der Waals surface area contributed by atoms with Gasteiger partial charge in [-0.3, -0.25) is 0 Å². The van der Waals surface area contributed by atoms with Crippen LogP contribution in [0.25, 0.3) is 5.57 Å². The van der Waals surface area contributed by atoms with E-state index in [-0.39, 0.29) is 5.76 Å². The number of esters is 2. The number of benzene rings is 2. The van der Waals surface area contributed by atoms with E-state index >= 15 is 0 Å². The van der Waals surface area contributed by atoms with Gasteiger partial charge in [0.2, 0.25) is 5.76 Å². The molecule has 5 nitrogen and oxygen atoms in total. The van der Waals surface area contributed by atoms with Gasteiger partial charge in [-0.25, -0.2) is 9.59 Å². The maximum Gasteiger partial charge on any atom is 0.375 e. The van der Waals surface area contributed by atoms with Gasteiger partial charge in [0, 0.05) is 0 Å². The number of rotatable bonds is 4. The maximum atomic E-state index is 12.1. The molecule has 2 aromatic rings. The maximum absolute atomic E-state index is 12.1. The SMILES string of the molecule is COC(=O)c1ccc(C2OC(=O)C(OC)=C2c2ccccc2)cc1. The summed E-state index contributed by atoms with van der Waals surface area (Å²) in [5.41, 5.74) is 2.71. The number of ether oxygens (including phenoxy) is 3. The fraction of sp³-hybridized carbons (Fsp3) is 0.158. The molecule has 2 aromatic carbocycles. The van der Waals surface area contributed by atoms with Gasteiger partial charge in [0.05, 0.1) is 25.4 Å². The van der Waals surface area contributed by atoms with Gasteiger partial charge in [0.15, 0.2) is 6.10 Å². The Bertz CT molecular complexity index is 790. The molecule has 0 aliphatic carbocycles. The van der Waals surface area contributed by atoms with E-state index in [9.17, 15) is 9.59 Å². The topological polar surface area (TPSA) is 61.8 Å². The highest BCUT2D eigenvalue weighted by atomic mass is 16.6. The Hall–Kier alpha value is -3.08. The number of carbonyl (C=O) groups is 2. The van der Waals surface area contributed by atoms with Crippen LogP contribution in [-0.2, 0) is 19.0 Å².